The number of aromatic hydroxyl groups is 1. The molecule has 0 aromatic heterocycles. The minimum absolute atomic E-state index is 0.0142. The van der Waals surface area contributed by atoms with E-state index in [0.717, 1.165) is 6.07 Å². The average Bonchev–Trinajstić information content (AvgIpc) is 2.92. The quantitative estimate of drug-likeness (QED) is 0.110. The van der Waals surface area contributed by atoms with Crippen LogP contribution in [-0.4, -0.2) is 48.2 Å². The van der Waals surface area contributed by atoms with E-state index in [1.807, 2.05) is 0 Å². The first-order valence-corrected chi connectivity index (χ1v) is 13.4. The topological polar surface area (TPSA) is 85.3 Å². The first-order valence-electron chi connectivity index (χ1n) is 13.4. The molecular formula is C33H33F4NO6. The molecule has 0 saturated heterocycles. The molecule has 0 saturated carbocycles. The second-order valence-corrected chi connectivity index (χ2v) is 10.9. The lowest BCUT2D eigenvalue weighted by atomic mass is 9.99. The maximum atomic E-state index is 15.2. The van der Waals surface area contributed by atoms with E-state index in [4.69, 9.17) is 14.2 Å². The number of alkyl halides is 3. The molecular weight excluding hydrogens is 582 g/mol. The summed E-state index contributed by atoms with van der Waals surface area (Å²) < 4.78 is 71.5. The van der Waals surface area contributed by atoms with E-state index < -0.39 is 46.4 Å². The van der Waals surface area contributed by atoms with Gasteiger partial charge in [-0.15, -0.1) is 0 Å². The fraction of sp³-hybridized carbons (Fsp3) is 0.273. The largest absolute Gasteiger partial charge is 0.506 e. The number of phenolic OH excluding ortho intramolecular Hbond substituents is 1. The van der Waals surface area contributed by atoms with Gasteiger partial charge in [0.25, 0.3) is 0 Å². The average molecular weight is 616 g/mol. The lowest BCUT2D eigenvalue weighted by Gasteiger charge is -2.22. The summed E-state index contributed by atoms with van der Waals surface area (Å²) in [4.78, 5) is 26.9. The van der Waals surface area contributed by atoms with Gasteiger partial charge in [0.1, 0.15) is 41.7 Å². The van der Waals surface area contributed by atoms with Crippen LogP contribution in [0.3, 0.4) is 0 Å². The van der Waals surface area contributed by atoms with Gasteiger partial charge in [0.05, 0.1) is 11.1 Å². The van der Waals surface area contributed by atoms with Gasteiger partial charge in [0.15, 0.2) is 0 Å². The number of rotatable bonds is 10. The predicted octanol–water partition coefficient (Wildman–Crippen LogP) is 7.38. The Balaban J connectivity index is 1.84. The van der Waals surface area contributed by atoms with Crippen molar-refractivity contribution >= 4 is 17.5 Å². The van der Waals surface area contributed by atoms with Crippen molar-refractivity contribution < 1.29 is 46.5 Å². The number of carbonyl (C=O) groups excluding carboxylic acids is 2. The minimum atomic E-state index is -4.90. The molecule has 0 amide bonds. The molecule has 0 aliphatic rings. The van der Waals surface area contributed by atoms with Gasteiger partial charge in [-0.05, 0) is 56.2 Å². The van der Waals surface area contributed by atoms with Crippen LogP contribution < -0.4 is 4.74 Å². The summed E-state index contributed by atoms with van der Waals surface area (Å²) in [5.74, 6) is -3.43. The number of benzene rings is 3. The molecule has 0 fully saturated rings. The Morgan fingerprint density at radius 3 is 2.16 bits per heavy atom. The minimum Gasteiger partial charge on any atom is -0.506 e. The van der Waals surface area contributed by atoms with Crippen molar-refractivity contribution in [3.63, 3.8) is 0 Å². The molecule has 234 valence electrons. The third-order valence-corrected chi connectivity index (χ3v) is 5.95. The Morgan fingerprint density at radius 2 is 1.61 bits per heavy atom. The van der Waals surface area contributed by atoms with Gasteiger partial charge in [-0.2, -0.15) is 13.2 Å². The molecule has 3 aromatic carbocycles. The molecule has 1 N–H and O–H groups in total. The molecule has 11 heteroatoms. The number of hydrogen-bond acceptors (Lipinski definition) is 7. The van der Waals surface area contributed by atoms with E-state index in [1.165, 1.54) is 24.4 Å². The fourth-order valence-corrected chi connectivity index (χ4v) is 4.06. The summed E-state index contributed by atoms with van der Waals surface area (Å²) in [6.07, 6.45) is -2.03. The molecule has 0 atom stereocenters. The van der Waals surface area contributed by atoms with Crippen LogP contribution in [0.5, 0.6) is 11.5 Å². The monoisotopic (exact) mass is 615 g/mol. The van der Waals surface area contributed by atoms with Crippen LogP contribution in [0.15, 0.2) is 73.5 Å². The highest BCUT2D eigenvalue weighted by Crippen LogP contribution is 2.40. The Bertz CT molecular complexity index is 1550. The molecule has 44 heavy (non-hydrogen) atoms. The maximum Gasteiger partial charge on any atom is 0.419 e. The van der Waals surface area contributed by atoms with E-state index in [1.54, 1.807) is 70.1 Å². The zero-order valence-corrected chi connectivity index (χ0v) is 24.9. The van der Waals surface area contributed by atoms with E-state index in [2.05, 4.69) is 6.58 Å². The Morgan fingerprint density at radius 1 is 0.977 bits per heavy atom. The first kappa shape index (κ1) is 33.7. The van der Waals surface area contributed by atoms with Gasteiger partial charge < -0.3 is 24.2 Å². The number of hydrogen-bond donors (Lipinski definition) is 1. The van der Waals surface area contributed by atoms with Gasteiger partial charge in [-0.25, -0.2) is 14.0 Å². The van der Waals surface area contributed by atoms with Gasteiger partial charge in [0.2, 0.25) is 0 Å². The highest BCUT2D eigenvalue weighted by molar-refractivity contribution is 6.16. The highest BCUT2D eigenvalue weighted by atomic mass is 19.4. The van der Waals surface area contributed by atoms with Gasteiger partial charge in [-0.1, -0.05) is 43.0 Å². The lowest BCUT2D eigenvalue weighted by molar-refractivity contribution is -0.139. The number of halogens is 4. The molecule has 7 nitrogen and oxygen atoms in total. The van der Waals surface area contributed by atoms with Crippen molar-refractivity contribution in [3.8, 4) is 22.6 Å². The van der Waals surface area contributed by atoms with Gasteiger partial charge >= 0.3 is 18.1 Å². The third kappa shape index (κ3) is 8.62. The summed E-state index contributed by atoms with van der Waals surface area (Å²) in [5.41, 5.74) is -1.86. The lowest BCUT2D eigenvalue weighted by Crippen LogP contribution is -2.25. The highest BCUT2D eigenvalue weighted by Gasteiger charge is 2.37. The smallest absolute Gasteiger partial charge is 0.419 e. The fourth-order valence-electron chi connectivity index (χ4n) is 4.06. The normalized spacial score (nSPS) is 12.0. The molecule has 0 heterocycles. The number of nitrogens with zero attached hydrogens (tertiary/aromatic N) is 1. The number of carbonyl (C=O) groups is 2. The second-order valence-electron chi connectivity index (χ2n) is 10.9. The molecule has 0 aliphatic carbocycles. The molecule has 0 radical (unpaired) electrons. The van der Waals surface area contributed by atoms with Crippen LogP contribution in [0.25, 0.3) is 16.7 Å². The standard InChI is InChI=1S/C33H33F4NO6/c1-7-16-42-30(40)25(18-38(5)6)24-14-10-21(17-27(24)34)20-8-12-23(13-9-20)43-19-22-11-15-26(33(35,36)37)29(39)28(22)31(41)44-32(2,3)4/h7-15,17-18,39H,1,16,19H2,2-6H3. The molecule has 0 spiro atoms. The summed E-state index contributed by atoms with van der Waals surface area (Å²) in [5, 5.41) is 10.4. The van der Waals surface area contributed by atoms with E-state index >= 15 is 4.39 Å². The summed E-state index contributed by atoms with van der Waals surface area (Å²) in [7, 11) is 3.38. The van der Waals surface area contributed by atoms with Crippen molar-refractivity contribution in [1.29, 1.82) is 0 Å². The molecule has 0 bridgehead atoms. The summed E-state index contributed by atoms with van der Waals surface area (Å²) in [6.45, 7) is 7.76. The van der Waals surface area contributed by atoms with Gasteiger partial charge in [0, 0.05) is 31.4 Å². The van der Waals surface area contributed by atoms with E-state index in [0.29, 0.717) is 22.9 Å². The summed E-state index contributed by atoms with van der Waals surface area (Å²) >= 11 is 0. The molecule has 0 unspecified atom stereocenters. The van der Waals surface area contributed by atoms with Crippen molar-refractivity contribution in [3.05, 3.63) is 102 Å². The summed E-state index contributed by atoms with van der Waals surface area (Å²) in [6, 6.07) is 12.5. The molecule has 0 aliphatic heterocycles. The SMILES string of the molecule is C=CCOC(=O)C(=CN(C)C)c1ccc(-c2ccc(OCc3ccc(C(F)(F)F)c(O)c3C(=O)OC(C)(C)C)cc2)cc1F. The first-order chi connectivity index (χ1) is 20.5. The second kappa shape index (κ2) is 13.7. The molecule has 3 rings (SSSR count). The van der Waals surface area contributed by atoms with Crippen molar-refractivity contribution in [2.75, 3.05) is 20.7 Å². The third-order valence-electron chi connectivity index (χ3n) is 5.95. The van der Waals surface area contributed by atoms with Gasteiger partial charge in [-0.3, -0.25) is 0 Å². The van der Waals surface area contributed by atoms with E-state index in [9.17, 15) is 27.9 Å². The van der Waals surface area contributed by atoms with Crippen LogP contribution in [0.2, 0.25) is 0 Å². The number of phenols is 1. The van der Waals surface area contributed by atoms with Crippen molar-refractivity contribution in [2.45, 2.75) is 39.2 Å². The van der Waals surface area contributed by atoms with Crippen LogP contribution in [0.1, 0.15) is 47.8 Å². The molecule has 3 aromatic rings. The predicted molar refractivity (Wildman–Crippen MR) is 157 cm³/mol. The Hall–Kier alpha value is -4.80. The van der Waals surface area contributed by atoms with Crippen LogP contribution in [0.4, 0.5) is 17.6 Å². The van der Waals surface area contributed by atoms with Crippen LogP contribution >= 0.6 is 0 Å². The Labute approximate surface area is 253 Å². The number of esters is 2. The zero-order valence-electron chi connectivity index (χ0n) is 24.9. The Kier molecular flexibility index (Phi) is 10.5. The maximum absolute atomic E-state index is 15.2. The zero-order chi connectivity index (χ0) is 32.8. The van der Waals surface area contributed by atoms with Crippen molar-refractivity contribution in [1.82, 2.24) is 4.90 Å². The van der Waals surface area contributed by atoms with Crippen LogP contribution in [0, 0.1) is 5.82 Å². The van der Waals surface area contributed by atoms with Crippen LogP contribution in [-0.2, 0) is 27.1 Å². The van der Waals surface area contributed by atoms with E-state index in [-0.39, 0.29) is 29.9 Å². The van der Waals surface area contributed by atoms with Crippen molar-refractivity contribution in [2.24, 2.45) is 0 Å². The number of ether oxygens (including phenoxy) is 3.